The van der Waals surface area contributed by atoms with Crippen molar-refractivity contribution in [3.8, 4) is 0 Å². The van der Waals surface area contributed by atoms with E-state index < -0.39 is 0 Å². The van der Waals surface area contributed by atoms with Crippen molar-refractivity contribution in [2.24, 2.45) is 5.73 Å². The van der Waals surface area contributed by atoms with Crippen LogP contribution in [-0.2, 0) is 4.74 Å². The lowest BCUT2D eigenvalue weighted by molar-refractivity contribution is 0.0735. The Morgan fingerprint density at radius 2 is 2.00 bits per heavy atom. The Morgan fingerprint density at radius 3 is 2.56 bits per heavy atom. The molecule has 0 saturated heterocycles. The molecule has 0 aromatic heterocycles. The summed E-state index contributed by atoms with van der Waals surface area (Å²) in [5.41, 5.74) is 6.36. The second-order valence-corrected chi connectivity index (χ2v) is 4.16. The smallest absolute Gasteiger partial charge is 0.126 e. The van der Waals surface area contributed by atoms with Gasteiger partial charge in [0, 0.05) is 12.5 Å². The molecule has 1 atom stereocenters. The summed E-state index contributed by atoms with van der Waals surface area (Å²) in [5.74, 6) is -0.137. The molecule has 0 fully saturated rings. The van der Waals surface area contributed by atoms with Crippen molar-refractivity contribution in [3.05, 3.63) is 35.6 Å². The van der Waals surface area contributed by atoms with Crippen LogP contribution in [0.3, 0.4) is 0 Å². The minimum atomic E-state index is -0.178. The molecular weight excluding hydrogens is 205 g/mol. The molecule has 0 aliphatic rings. The summed E-state index contributed by atoms with van der Waals surface area (Å²) in [5, 5.41) is 0. The van der Waals surface area contributed by atoms with E-state index in [1.807, 2.05) is 19.9 Å². The molecule has 1 rings (SSSR count). The first kappa shape index (κ1) is 13.1. The fourth-order valence-electron chi connectivity index (χ4n) is 1.65. The molecule has 0 aliphatic carbocycles. The lowest BCUT2D eigenvalue weighted by Gasteiger charge is -2.16. The summed E-state index contributed by atoms with van der Waals surface area (Å²) in [6.07, 6.45) is 0.967. The van der Waals surface area contributed by atoms with Gasteiger partial charge in [0.15, 0.2) is 0 Å². The lowest BCUT2D eigenvalue weighted by Crippen LogP contribution is -2.17. The van der Waals surface area contributed by atoms with Gasteiger partial charge in [0.2, 0.25) is 0 Å². The van der Waals surface area contributed by atoms with Gasteiger partial charge in [-0.1, -0.05) is 18.2 Å². The van der Waals surface area contributed by atoms with Gasteiger partial charge in [0.25, 0.3) is 0 Å². The first-order chi connectivity index (χ1) is 7.65. The molecule has 3 heteroatoms. The zero-order valence-corrected chi connectivity index (χ0v) is 9.95. The maximum atomic E-state index is 13.5. The number of hydrogen-bond acceptors (Lipinski definition) is 2. The molecule has 0 spiro atoms. The van der Waals surface area contributed by atoms with E-state index in [9.17, 15) is 4.39 Å². The predicted octanol–water partition coefficient (Wildman–Crippen LogP) is 2.68. The fraction of sp³-hybridized carbons (Fsp3) is 0.538. The van der Waals surface area contributed by atoms with Gasteiger partial charge in [-0.15, -0.1) is 0 Å². The van der Waals surface area contributed by atoms with Gasteiger partial charge in [-0.2, -0.15) is 0 Å². The van der Waals surface area contributed by atoms with E-state index >= 15 is 0 Å². The van der Waals surface area contributed by atoms with Crippen LogP contribution in [0.5, 0.6) is 0 Å². The Labute approximate surface area is 96.6 Å². The SMILES string of the molecule is CC(C)OCCC(CN)c1ccccc1F. The molecular formula is C13H20FNO. The first-order valence-corrected chi connectivity index (χ1v) is 5.71. The molecule has 1 unspecified atom stereocenters. The van der Waals surface area contributed by atoms with Crippen LogP contribution < -0.4 is 5.73 Å². The van der Waals surface area contributed by atoms with E-state index in [0.717, 1.165) is 6.42 Å². The molecule has 0 amide bonds. The zero-order chi connectivity index (χ0) is 12.0. The number of halogens is 1. The van der Waals surface area contributed by atoms with Gasteiger partial charge in [-0.3, -0.25) is 0 Å². The maximum Gasteiger partial charge on any atom is 0.126 e. The van der Waals surface area contributed by atoms with Crippen molar-refractivity contribution in [2.75, 3.05) is 13.2 Å². The van der Waals surface area contributed by atoms with E-state index in [1.165, 1.54) is 6.07 Å². The summed E-state index contributed by atoms with van der Waals surface area (Å²) in [6.45, 7) is 5.04. The van der Waals surface area contributed by atoms with Gasteiger partial charge in [-0.05, 0) is 38.4 Å². The maximum absolute atomic E-state index is 13.5. The quantitative estimate of drug-likeness (QED) is 0.808. The van der Waals surface area contributed by atoms with Crippen LogP contribution in [0, 0.1) is 5.82 Å². The average Bonchev–Trinajstić information content (AvgIpc) is 2.25. The average molecular weight is 225 g/mol. The van der Waals surface area contributed by atoms with Crippen molar-refractivity contribution < 1.29 is 9.13 Å². The van der Waals surface area contributed by atoms with Crippen molar-refractivity contribution in [1.29, 1.82) is 0 Å². The Morgan fingerprint density at radius 1 is 1.31 bits per heavy atom. The van der Waals surface area contributed by atoms with Crippen molar-refractivity contribution in [3.63, 3.8) is 0 Å². The number of hydrogen-bond donors (Lipinski definition) is 1. The third-order valence-corrected chi connectivity index (χ3v) is 2.55. The van der Waals surface area contributed by atoms with Gasteiger partial charge in [0.05, 0.1) is 6.10 Å². The van der Waals surface area contributed by atoms with Crippen LogP contribution in [0.2, 0.25) is 0 Å². The third-order valence-electron chi connectivity index (χ3n) is 2.55. The van der Waals surface area contributed by atoms with E-state index in [4.69, 9.17) is 10.5 Å². The molecule has 1 aromatic carbocycles. The second kappa shape index (κ2) is 6.61. The standard InChI is InChI=1S/C13H20FNO/c1-10(2)16-8-7-11(9-15)12-5-3-4-6-13(12)14/h3-6,10-11H,7-9,15H2,1-2H3. The van der Waals surface area contributed by atoms with Crippen LogP contribution in [0.25, 0.3) is 0 Å². The number of nitrogens with two attached hydrogens (primary N) is 1. The third kappa shape index (κ3) is 3.91. The van der Waals surface area contributed by atoms with Gasteiger partial charge < -0.3 is 10.5 Å². The Balaban J connectivity index is 2.57. The minimum absolute atomic E-state index is 0.0416. The van der Waals surface area contributed by atoms with Crippen molar-refractivity contribution in [2.45, 2.75) is 32.3 Å². The lowest BCUT2D eigenvalue weighted by atomic mass is 9.96. The van der Waals surface area contributed by atoms with Gasteiger partial charge in [0.1, 0.15) is 5.82 Å². The van der Waals surface area contributed by atoms with Crippen LogP contribution in [0.1, 0.15) is 31.7 Å². The summed E-state index contributed by atoms with van der Waals surface area (Å²) >= 11 is 0. The van der Waals surface area contributed by atoms with Crippen molar-refractivity contribution >= 4 is 0 Å². The topological polar surface area (TPSA) is 35.2 Å². The molecule has 16 heavy (non-hydrogen) atoms. The Kier molecular flexibility index (Phi) is 5.43. The van der Waals surface area contributed by atoms with Crippen LogP contribution in [0.4, 0.5) is 4.39 Å². The van der Waals surface area contributed by atoms with Crippen molar-refractivity contribution in [1.82, 2.24) is 0 Å². The highest BCUT2D eigenvalue weighted by Gasteiger charge is 2.13. The van der Waals surface area contributed by atoms with Gasteiger partial charge in [-0.25, -0.2) is 4.39 Å². The van der Waals surface area contributed by atoms with E-state index in [2.05, 4.69) is 0 Å². The molecule has 2 N–H and O–H groups in total. The van der Waals surface area contributed by atoms with E-state index in [-0.39, 0.29) is 17.8 Å². The van der Waals surface area contributed by atoms with Gasteiger partial charge >= 0.3 is 0 Å². The highest BCUT2D eigenvalue weighted by Crippen LogP contribution is 2.21. The first-order valence-electron chi connectivity index (χ1n) is 5.71. The molecule has 2 nitrogen and oxygen atoms in total. The molecule has 90 valence electrons. The predicted molar refractivity (Wildman–Crippen MR) is 63.9 cm³/mol. The normalized spacial score (nSPS) is 13.1. The summed E-state index contributed by atoms with van der Waals surface area (Å²) in [4.78, 5) is 0. The molecule has 0 bridgehead atoms. The monoisotopic (exact) mass is 225 g/mol. The largest absolute Gasteiger partial charge is 0.379 e. The highest BCUT2D eigenvalue weighted by molar-refractivity contribution is 5.21. The number of rotatable bonds is 6. The fourth-order valence-corrected chi connectivity index (χ4v) is 1.65. The highest BCUT2D eigenvalue weighted by atomic mass is 19.1. The zero-order valence-electron chi connectivity index (χ0n) is 9.95. The van der Waals surface area contributed by atoms with Crippen LogP contribution in [0.15, 0.2) is 24.3 Å². The summed E-state index contributed by atoms with van der Waals surface area (Å²) < 4.78 is 19.0. The molecule has 0 radical (unpaired) electrons. The van der Waals surface area contributed by atoms with E-state index in [0.29, 0.717) is 18.7 Å². The molecule has 0 saturated carbocycles. The van der Waals surface area contributed by atoms with E-state index in [1.54, 1.807) is 12.1 Å². The molecule has 0 aliphatic heterocycles. The second-order valence-electron chi connectivity index (χ2n) is 4.16. The Hall–Kier alpha value is -0.930. The summed E-state index contributed by atoms with van der Waals surface area (Å²) in [7, 11) is 0. The number of benzene rings is 1. The molecule has 0 heterocycles. The molecule has 1 aromatic rings. The summed E-state index contributed by atoms with van der Waals surface area (Å²) in [6, 6.07) is 6.80. The minimum Gasteiger partial charge on any atom is -0.379 e. The number of ether oxygens (including phenoxy) is 1. The van der Waals surface area contributed by atoms with Crippen LogP contribution >= 0.6 is 0 Å². The van der Waals surface area contributed by atoms with Crippen LogP contribution in [-0.4, -0.2) is 19.3 Å². The Bertz CT molecular complexity index is 315.